The third kappa shape index (κ3) is 17.5. The molecule has 0 spiro atoms. The van der Waals surface area contributed by atoms with Gasteiger partial charge in [-0.05, 0) is 12.8 Å². The molecule has 0 saturated heterocycles. The zero-order valence-electron chi connectivity index (χ0n) is 15.1. The predicted molar refractivity (Wildman–Crippen MR) is 101 cm³/mol. The van der Waals surface area contributed by atoms with Crippen molar-refractivity contribution in [1.29, 1.82) is 0 Å². The van der Waals surface area contributed by atoms with Gasteiger partial charge in [0.05, 0.1) is 0 Å². The van der Waals surface area contributed by atoms with Crippen molar-refractivity contribution in [2.45, 2.75) is 78.1 Å². The van der Waals surface area contributed by atoms with E-state index in [2.05, 4.69) is 24.5 Å². The zero-order valence-corrected chi connectivity index (χ0v) is 15.9. The number of carbonyl (C=O) groups excluding carboxylic acids is 2. The van der Waals surface area contributed by atoms with Crippen molar-refractivity contribution in [3.8, 4) is 0 Å². The first-order chi connectivity index (χ1) is 11.2. The van der Waals surface area contributed by atoms with Crippen LogP contribution in [0.25, 0.3) is 0 Å². The predicted octanol–water partition coefficient (Wildman–Crippen LogP) is 3.89. The molecule has 0 fully saturated rings. The number of unbranched alkanes of at least 4 members (excludes halogenated alkanes) is 6. The lowest BCUT2D eigenvalue weighted by Crippen LogP contribution is -2.25. The van der Waals surface area contributed by atoms with E-state index in [1.54, 1.807) is 11.8 Å². The molecule has 0 aromatic carbocycles. The molecule has 0 aliphatic carbocycles. The van der Waals surface area contributed by atoms with E-state index in [9.17, 15) is 9.59 Å². The highest BCUT2D eigenvalue weighted by Crippen LogP contribution is 2.05. The van der Waals surface area contributed by atoms with Crippen LogP contribution in [-0.2, 0) is 9.59 Å². The lowest BCUT2D eigenvalue weighted by molar-refractivity contribution is -0.121. The second kappa shape index (κ2) is 17.6. The molecule has 0 rings (SSSR count). The Morgan fingerprint density at radius 3 is 1.52 bits per heavy atom. The smallest absolute Gasteiger partial charge is 0.220 e. The van der Waals surface area contributed by atoms with Crippen molar-refractivity contribution in [1.82, 2.24) is 10.6 Å². The maximum atomic E-state index is 11.6. The molecule has 5 heteroatoms. The number of nitrogens with one attached hydrogen (secondary N) is 2. The van der Waals surface area contributed by atoms with E-state index in [1.807, 2.05) is 0 Å². The summed E-state index contributed by atoms with van der Waals surface area (Å²) in [5.41, 5.74) is 0. The van der Waals surface area contributed by atoms with Crippen LogP contribution in [0.5, 0.6) is 0 Å². The van der Waals surface area contributed by atoms with E-state index < -0.39 is 0 Å². The topological polar surface area (TPSA) is 58.2 Å². The summed E-state index contributed by atoms with van der Waals surface area (Å²) in [6.07, 6.45) is 10.6. The third-order valence-electron chi connectivity index (χ3n) is 3.65. The van der Waals surface area contributed by atoms with Gasteiger partial charge in [-0.25, -0.2) is 0 Å². The van der Waals surface area contributed by atoms with Crippen LogP contribution in [0.2, 0.25) is 0 Å². The van der Waals surface area contributed by atoms with Crippen molar-refractivity contribution in [3.05, 3.63) is 0 Å². The minimum absolute atomic E-state index is 0.134. The van der Waals surface area contributed by atoms with E-state index in [1.165, 1.54) is 38.5 Å². The summed E-state index contributed by atoms with van der Waals surface area (Å²) in [5.74, 6) is 1.86. The third-order valence-corrected chi connectivity index (χ3v) is 4.64. The number of rotatable bonds is 16. The Hall–Kier alpha value is -0.710. The fourth-order valence-electron chi connectivity index (χ4n) is 2.17. The van der Waals surface area contributed by atoms with Gasteiger partial charge in [-0.15, -0.1) is 0 Å². The summed E-state index contributed by atoms with van der Waals surface area (Å²) in [7, 11) is 0. The highest BCUT2D eigenvalue weighted by atomic mass is 32.2. The Bertz CT molecular complexity index is 271. The van der Waals surface area contributed by atoms with Gasteiger partial charge in [-0.2, -0.15) is 11.8 Å². The van der Waals surface area contributed by atoms with Gasteiger partial charge in [0.15, 0.2) is 0 Å². The largest absolute Gasteiger partial charge is 0.356 e. The normalized spacial score (nSPS) is 10.5. The van der Waals surface area contributed by atoms with Gasteiger partial charge >= 0.3 is 0 Å². The maximum absolute atomic E-state index is 11.6. The molecule has 0 heterocycles. The van der Waals surface area contributed by atoms with Crippen molar-refractivity contribution >= 4 is 23.6 Å². The van der Waals surface area contributed by atoms with Gasteiger partial charge < -0.3 is 10.6 Å². The van der Waals surface area contributed by atoms with Gasteiger partial charge in [0, 0.05) is 37.4 Å². The fourth-order valence-corrected chi connectivity index (χ4v) is 3.03. The number of hydrogen-bond donors (Lipinski definition) is 2. The minimum Gasteiger partial charge on any atom is -0.356 e. The molecule has 0 atom stereocenters. The minimum atomic E-state index is 0.134. The van der Waals surface area contributed by atoms with E-state index in [-0.39, 0.29) is 11.8 Å². The number of amides is 2. The fraction of sp³-hybridized carbons (Fsp3) is 0.889. The van der Waals surface area contributed by atoms with Gasteiger partial charge in [0.25, 0.3) is 0 Å². The van der Waals surface area contributed by atoms with Crippen LogP contribution in [0.1, 0.15) is 78.1 Å². The van der Waals surface area contributed by atoms with Crippen molar-refractivity contribution in [3.63, 3.8) is 0 Å². The Balaban J connectivity index is 3.30. The molecule has 0 bridgehead atoms. The van der Waals surface area contributed by atoms with E-state index in [0.717, 1.165) is 37.4 Å². The van der Waals surface area contributed by atoms with E-state index in [0.29, 0.717) is 12.8 Å². The van der Waals surface area contributed by atoms with Crippen LogP contribution in [0.15, 0.2) is 0 Å². The second-order valence-corrected chi connectivity index (χ2v) is 7.16. The Morgan fingerprint density at radius 1 is 0.696 bits per heavy atom. The highest BCUT2D eigenvalue weighted by molar-refractivity contribution is 7.99. The van der Waals surface area contributed by atoms with E-state index in [4.69, 9.17) is 0 Å². The van der Waals surface area contributed by atoms with Crippen LogP contribution in [-0.4, -0.2) is 36.4 Å². The van der Waals surface area contributed by atoms with Gasteiger partial charge in [0.2, 0.25) is 11.8 Å². The standard InChI is InChI=1S/C18H36N2O2S/c1-3-5-7-9-13-19-17(21)11-15-23-16-12-18(22)20-14-10-8-6-4-2/h3-16H2,1-2H3,(H,19,21)(H,20,22). The molecule has 0 aromatic heterocycles. The zero-order chi connectivity index (χ0) is 17.2. The monoisotopic (exact) mass is 344 g/mol. The van der Waals surface area contributed by atoms with Crippen LogP contribution in [0.4, 0.5) is 0 Å². The molecule has 23 heavy (non-hydrogen) atoms. The van der Waals surface area contributed by atoms with Gasteiger partial charge in [-0.3, -0.25) is 9.59 Å². The molecule has 2 amide bonds. The Kier molecular flexibility index (Phi) is 17.1. The average Bonchev–Trinajstić information content (AvgIpc) is 2.54. The van der Waals surface area contributed by atoms with Crippen molar-refractivity contribution < 1.29 is 9.59 Å². The molecule has 0 radical (unpaired) electrons. The van der Waals surface area contributed by atoms with E-state index >= 15 is 0 Å². The highest BCUT2D eigenvalue weighted by Gasteiger charge is 2.03. The molecule has 4 nitrogen and oxygen atoms in total. The van der Waals surface area contributed by atoms with Crippen molar-refractivity contribution in [2.24, 2.45) is 0 Å². The Labute approximate surface area is 146 Å². The SMILES string of the molecule is CCCCCCNC(=O)CCSCCC(=O)NCCCCCC. The molecule has 0 aliphatic rings. The van der Waals surface area contributed by atoms with Crippen LogP contribution < -0.4 is 10.6 Å². The summed E-state index contributed by atoms with van der Waals surface area (Å²) in [6, 6.07) is 0. The molecular formula is C18H36N2O2S. The first-order valence-electron chi connectivity index (χ1n) is 9.31. The Morgan fingerprint density at radius 2 is 1.13 bits per heavy atom. The number of thioether (sulfide) groups is 1. The lowest BCUT2D eigenvalue weighted by atomic mass is 10.2. The molecular weight excluding hydrogens is 308 g/mol. The summed E-state index contributed by atoms with van der Waals surface area (Å²) in [6.45, 7) is 5.96. The summed E-state index contributed by atoms with van der Waals surface area (Å²) in [4.78, 5) is 23.2. The second-order valence-electron chi connectivity index (χ2n) is 5.93. The molecule has 0 aromatic rings. The summed E-state index contributed by atoms with van der Waals surface area (Å²) < 4.78 is 0. The molecule has 2 N–H and O–H groups in total. The number of carbonyl (C=O) groups is 2. The van der Waals surface area contributed by atoms with Crippen LogP contribution in [0, 0.1) is 0 Å². The summed E-state index contributed by atoms with van der Waals surface area (Å²) >= 11 is 1.68. The average molecular weight is 345 g/mol. The maximum Gasteiger partial charge on any atom is 0.220 e. The first-order valence-corrected chi connectivity index (χ1v) is 10.5. The molecule has 0 unspecified atom stereocenters. The molecule has 0 aliphatic heterocycles. The van der Waals surface area contributed by atoms with Crippen LogP contribution >= 0.6 is 11.8 Å². The van der Waals surface area contributed by atoms with Crippen molar-refractivity contribution in [2.75, 3.05) is 24.6 Å². The summed E-state index contributed by atoms with van der Waals surface area (Å²) in [5, 5.41) is 5.91. The van der Waals surface area contributed by atoms with Gasteiger partial charge in [0.1, 0.15) is 0 Å². The lowest BCUT2D eigenvalue weighted by Gasteiger charge is -2.06. The molecule has 0 saturated carbocycles. The quantitative estimate of drug-likeness (QED) is 0.418. The van der Waals surface area contributed by atoms with Crippen LogP contribution in [0.3, 0.4) is 0 Å². The first kappa shape index (κ1) is 22.3. The number of hydrogen-bond acceptors (Lipinski definition) is 3. The van der Waals surface area contributed by atoms with Gasteiger partial charge in [-0.1, -0.05) is 52.4 Å². The molecule has 136 valence electrons.